The molecule has 104 valence electrons. The van der Waals surface area contributed by atoms with Gasteiger partial charge in [-0.15, -0.1) is 11.3 Å². The maximum atomic E-state index is 12.2. The first-order chi connectivity index (χ1) is 10.3. The van der Waals surface area contributed by atoms with Crippen LogP contribution in [0.15, 0.2) is 54.4 Å². The summed E-state index contributed by atoms with van der Waals surface area (Å²) in [5.41, 5.74) is 0.367. The number of carbonyl (C=O) groups excluding carboxylic acids is 1. The van der Waals surface area contributed by atoms with Crippen molar-refractivity contribution in [3.05, 3.63) is 65.1 Å². The van der Waals surface area contributed by atoms with Crippen LogP contribution in [0.1, 0.15) is 15.5 Å². The molecule has 3 rings (SSSR count). The van der Waals surface area contributed by atoms with Crippen molar-refractivity contribution < 1.29 is 9.53 Å². The van der Waals surface area contributed by atoms with Crippen molar-refractivity contribution in [2.45, 2.75) is 6.42 Å². The number of carbonyl (C=O) groups is 1. The number of hydrogen-bond acceptors (Lipinski definition) is 6. The third-order valence-corrected chi connectivity index (χ3v) is 3.46. The predicted molar refractivity (Wildman–Crippen MR) is 78.7 cm³/mol. The number of ether oxygens (including phenoxy) is 1. The first-order valence-corrected chi connectivity index (χ1v) is 7.15. The molecule has 0 atom stereocenters. The number of pyridine rings is 2. The molecule has 0 spiro atoms. The van der Waals surface area contributed by atoms with Crippen molar-refractivity contribution >= 4 is 17.1 Å². The summed E-state index contributed by atoms with van der Waals surface area (Å²) in [5.74, 6) is 1.09. The van der Waals surface area contributed by atoms with Gasteiger partial charge in [0.2, 0.25) is 0 Å². The van der Waals surface area contributed by atoms with Crippen LogP contribution in [0.5, 0.6) is 11.5 Å². The number of ketones is 1. The molecule has 0 N–H and O–H groups in total. The summed E-state index contributed by atoms with van der Waals surface area (Å²) in [6, 6.07) is 6.91. The van der Waals surface area contributed by atoms with Gasteiger partial charge >= 0.3 is 0 Å². The maximum absolute atomic E-state index is 12.2. The van der Waals surface area contributed by atoms with Crippen LogP contribution in [0.4, 0.5) is 0 Å². The fourth-order valence-electron chi connectivity index (χ4n) is 1.74. The lowest BCUT2D eigenvalue weighted by atomic mass is 10.2. The van der Waals surface area contributed by atoms with Gasteiger partial charge in [0.25, 0.3) is 0 Å². The zero-order valence-corrected chi connectivity index (χ0v) is 11.8. The van der Waals surface area contributed by atoms with Gasteiger partial charge in [-0.25, -0.2) is 4.98 Å². The summed E-state index contributed by atoms with van der Waals surface area (Å²) >= 11 is 1.45. The minimum Gasteiger partial charge on any atom is -0.456 e. The van der Waals surface area contributed by atoms with Crippen molar-refractivity contribution in [1.82, 2.24) is 15.0 Å². The average Bonchev–Trinajstić information content (AvgIpc) is 3.01. The lowest BCUT2D eigenvalue weighted by Crippen LogP contribution is -2.05. The minimum atomic E-state index is -0.0819. The normalized spacial score (nSPS) is 10.3. The molecule has 0 radical (unpaired) electrons. The van der Waals surface area contributed by atoms with E-state index in [1.807, 2.05) is 5.38 Å². The van der Waals surface area contributed by atoms with Crippen molar-refractivity contribution in [3.8, 4) is 11.5 Å². The molecule has 3 heterocycles. The monoisotopic (exact) mass is 297 g/mol. The van der Waals surface area contributed by atoms with Crippen LogP contribution < -0.4 is 4.74 Å². The second-order valence-electron chi connectivity index (χ2n) is 4.19. The van der Waals surface area contributed by atoms with Crippen LogP contribution in [0, 0.1) is 0 Å². The number of aromatic nitrogens is 3. The summed E-state index contributed by atoms with van der Waals surface area (Å²) in [4.78, 5) is 24.3. The molecular weight excluding hydrogens is 286 g/mol. The molecule has 5 nitrogen and oxygen atoms in total. The van der Waals surface area contributed by atoms with Crippen LogP contribution >= 0.6 is 11.3 Å². The molecule has 0 bridgehead atoms. The number of hydrogen-bond donors (Lipinski definition) is 0. The topological polar surface area (TPSA) is 65.0 Å². The molecule has 0 aliphatic carbocycles. The molecule has 3 aromatic heterocycles. The Hall–Kier alpha value is -2.60. The Labute approximate surface area is 125 Å². The molecule has 0 saturated heterocycles. The van der Waals surface area contributed by atoms with E-state index in [0.717, 1.165) is 5.01 Å². The second-order valence-corrected chi connectivity index (χ2v) is 5.17. The van der Waals surface area contributed by atoms with Gasteiger partial charge < -0.3 is 4.74 Å². The zero-order chi connectivity index (χ0) is 14.5. The molecule has 0 fully saturated rings. The van der Waals surface area contributed by atoms with Crippen LogP contribution in [0.2, 0.25) is 0 Å². The summed E-state index contributed by atoms with van der Waals surface area (Å²) in [7, 11) is 0. The average molecular weight is 297 g/mol. The van der Waals surface area contributed by atoms with E-state index in [4.69, 9.17) is 4.74 Å². The molecule has 0 amide bonds. The molecule has 0 unspecified atom stereocenters. The lowest BCUT2D eigenvalue weighted by Gasteiger charge is -2.05. The third-order valence-electron chi connectivity index (χ3n) is 2.68. The van der Waals surface area contributed by atoms with Gasteiger partial charge in [0.05, 0.1) is 12.6 Å². The maximum Gasteiger partial charge on any atom is 0.188 e. The SMILES string of the molecule is O=C(Cc1nccs1)c1cc(Oc2cccnc2)ccn1. The quantitative estimate of drug-likeness (QED) is 0.677. The highest BCUT2D eigenvalue weighted by Gasteiger charge is 2.11. The van der Waals surface area contributed by atoms with E-state index in [1.54, 1.807) is 49.1 Å². The highest BCUT2D eigenvalue weighted by Crippen LogP contribution is 2.20. The van der Waals surface area contributed by atoms with Gasteiger partial charge in [0.15, 0.2) is 5.78 Å². The van der Waals surface area contributed by atoms with Crippen LogP contribution in [0.3, 0.4) is 0 Å². The highest BCUT2D eigenvalue weighted by atomic mass is 32.1. The van der Waals surface area contributed by atoms with Gasteiger partial charge in [-0.3, -0.25) is 14.8 Å². The van der Waals surface area contributed by atoms with Gasteiger partial charge in [-0.2, -0.15) is 0 Å². The molecular formula is C15H11N3O2S. The summed E-state index contributed by atoms with van der Waals surface area (Å²) in [5, 5.41) is 2.62. The number of nitrogens with zero attached hydrogens (tertiary/aromatic N) is 3. The van der Waals surface area contributed by atoms with E-state index in [2.05, 4.69) is 15.0 Å². The van der Waals surface area contributed by atoms with Crippen LogP contribution in [-0.4, -0.2) is 20.7 Å². The molecule has 3 aromatic rings. The van der Waals surface area contributed by atoms with E-state index in [-0.39, 0.29) is 12.2 Å². The lowest BCUT2D eigenvalue weighted by molar-refractivity contribution is 0.0988. The molecule has 6 heteroatoms. The molecule has 0 aromatic carbocycles. The van der Waals surface area contributed by atoms with Gasteiger partial charge in [0, 0.05) is 30.0 Å². The van der Waals surface area contributed by atoms with Crippen LogP contribution in [0.25, 0.3) is 0 Å². The van der Waals surface area contributed by atoms with Crippen molar-refractivity contribution in [2.75, 3.05) is 0 Å². The van der Waals surface area contributed by atoms with Crippen molar-refractivity contribution in [3.63, 3.8) is 0 Å². The standard InChI is InChI=1S/C15H11N3O2S/c19-14(9-15-18-6-7-21-15)13-8-11(3-5-17-13)20-12-2-1-4-16-10-12/h1-8,10H,9H2. The fraction of sp³-hybridized carbons (Fsp3) is 0.0667. The fourth-order valence-corrected chi connectivity index (χ4v) is 2.35. The van der Waals surface area contributed by atoms with Gasteiger partial charge in [-0.05, 0) is 18.2 Å². The summed E-state index contributed by atoms with van der Waals surface area (Å²) in [6.45, 7) is 0. The molecule has 0 aliphatic rings. The van der Waals surface area contributed by atoms with Crippen molar-refractivity contribution in [1.29, 1.82) is 0 Å². The third kappa shape index (κ3) is 3.49. The van der Waals surface area contributed by atoms with E-state index < -0.39 is 0 Å². The Balaban J connectivity index is 1.75. The molecule has 0 aliphatic heterocycles. The Morgan fingerprint density at radius 2 is 2.10 bits per heavy atom. The Morgan fingerprint density at radius 1 is 1.14 bits per heavy atom. The van der Waals surface area contributed by atoms with Gasteiger partial charge in [0.1, 0.15) is 22.2 Å². The Bertz CT molecular complexity index is 730. The Morgan fingerprint density at radius 3 is 2.86 bits per heavy atom. The molecule has 0 saturated carbocycles. The highest BCUT2D eigenvalue weighted by molar-refractivity contribution is 7.09. The predicted octanol–water partition coefficient (Wildman–Crippen LogP) is 3.15. The first kappa shape index (κ1) is 13.4. The number of Topliss-reactive ketones (excluding diaryl/α,β-unsaturated/α-hetero) is 1. The number of rotatable bonds is 5. The smallest absolute Gasteiger partial charge is 0.188 e. The van der Waals surface area contributed by atoms with Gasteiger partial charge in [-0.1, -0.05) is 0 Å². The first-order valence-electron chi connectivity index (χ1n) is 6.27. The Kier molecular flexibility index (Phi) is 3.97. The van der Waals surface area contributed by atoms with E-state index >= 15 is 0 Å². The van der Waals surface area contributed by atoms with E-state index in [0.29, 0.717) is 17.2 Å². The minimum absolute atomic E-state index is 0.0819. The van der Waals surface area contributed by atoms with E-state index in [9.17, 15) is 4.79 Å². The zero-order valence-electron chi connectivity index (χ0n) is 11.0. The number of thiazole rings is 1. The summed E-state index contributed by atoms with van der Waals surface area (Å²) < 4.78 is 5.64. The van der Waals surface area contributed by atoms with Crippen LogP contribution in [-0.2, 0) is 6.42 Å². The second kappa shape index (κ2) is 6.23. The van der Waals surface area contributed by atoms with E-state index in [1.165, 1.54) is 11.3 Å². The molecule has 21 heavy (non-hydrogen) atoms. The summed E-state index contributed by atoms with van der Waals surface area (Å²) in [6.07, 6.45) is 6.77. The van der Waals surface area contributed by atoms with Crippen molar-refractivity contribution in [2.24, 2.45) is 0 Å². The largest absolute Gasteiger partial charge is 0.456 e.